The lowest BCUT2D eigenvalue weighted by molar-refractivity contribution is 0.931. The predicted molar refractivity (Wildman–Crippen MR) is 99.6 cm³/mol. The minimum absolute atomic E-state index is 0.00630. The van der Waals surface area contributed by atoms with E-state index in [-0.39, 0.29) is 11.8 Å². The first kappa shape index (κ1) is 17.6. The predicted octanol–water partition coefficient (Wildman–Crippen LogP) is 5.53. The summed E-state index contributed by atoms with van der Waals surface area (Å²) in [7, 11) is 0. The van der Waals surface area contributed by atoms with Gasteiger partial charge in [0.2, 0.25) is 9.74 Å². The average molecular weight is 421 g/mol. The fourth-order valence-electron chi connectivity index (χ4n) is 1.83. The molecule has 0 aliphatic heterocycles. The second kappa shape index (κ2) is 6.98. The number of anilines is 2. The van der Waals surface area contributed by atoms with Crippen LogP contribution in [0.4, 0.5) is 11.1 Å². The third-order valence-corrected chi connectivity index (χ3v) is 4.55. The van der Waals surface area contributed by atoms with Crippen LogP contribution in [0.3, 0.4) is 0 Å². The Morgan fingerprint density at radius 3 is 2.42 bits per heavy atom. The van der Waals surface area contributed by atoms with Crippen LogP contribution in [0, 0.1) is 6.92 Å². The lowest BCUT2D eigenvalue weighted by Crippen LogP contribution is -2.12. The van der Waals surface area contributed by atoms with Crippen molar-refractivity contribution < 1.29 is 0 Å². The van der Waals surface area contributed by atoms with E-state index in [4.69, 9.17) is 46.4 Å². The fraction of sp³-hybridized carbons (Fsp3) is 0.143. The van der Waals surface area contributed by atoms with E-state index < -0.39 is 3.79 Å². The fourth-order valence-corrected chi connectivity index (χ4v) is 2.98. The number of aromatic nitrogens is 4. The number of thiazole rings is 1. The van der Waals surface area contributed by atoms with E-state index in [0.717, 1.165) is 5.69 Å². The van der Waals surface area contributed by atoms with Gasteiger partial charge >= 0.3 is 0 Å². The van der Waals surface area contributed by atoms with E-state index in [1.165, 1.54) is 11.3 Å². The summed E-state index contributed by atoms with van der Waals surface area (Å²) in [5, 5.41) is 6.00. The zero-order valence-corrected chi connectivity index (χ0v) is 15.9. The van der Waals surface area contributed by atoms with Gasteiger partial charge in [-0.25, -0.2) is 9.97 Å². The molecule has 5 nitrogen and oxygen atoms in total. The van der Waals surface area contributed by atoms with E-state index >= 15 is 0 Å². The van der Waals surface area contributed by atoms with Gasteiger partial charge in [0.1, 0.15) is 0 Å². The minimum atomic E-state index is -1.80. The first-order valence-electron chi connectivity index (χ1n) is 6.60. The normalized spacial score (nSPS) is 11.5. The molecule has 0 saturated heterocycles. The lowest BCUT2D eigenvalue weighted by Gasteiger charge is -2.13. The number of nitrogens with zero attached hydrogens (tertiary/aromatic N) is 4. The Kier molecular flexibility index (Phi) is 5.13. The smallest absolute Gasteiger partial charge is 0.250 e. The molecule has 2 heterocycles. The van der Waals surface area contributed by atoms with Crippen LogP contribution >= 0.6 is 57.7 Å². The number of hydrogen-bond donors (Lipinski definition) is 1. The van der Waals surface area contributed by atoms with Crippen molar-refractivity contribution in [1.29, 1.82) is 0 Å². The molecule has 0 fully saturated rings. The highest BCUT2D eigenvalue weighted by Gasteiger charge is 2.29. The van der Waals surface area contributed by atoms with E-state index in [1.807, 2.05) is 18.4 Å². The molecule has 0 aliphatic rings. The summed E-state index contributed by atoms with van der Waals surface area (Å²) >= 11 is 25.4. The van der Waals surface area contributed by atoms with Gasteiger partial charge in [-0.05, 0) is 19.1 Å². The van der Waals surface area contributed by atoms with Crippen LogP contribution in [0.2, 0.25) is 5.02 Å². The molecule has 0 spiro atoms. The standard InChI is InChI=1S/C14H9Cl4N5S/c1-7-6-24-13(19-7)23-12-21-10(8-4-2-3-5-9(8)15)20-11(22-12)14(16,17)18/h2-6H,1H3,(H,19,20,21,22,23). The highest BCUT2D eigenvalue weighted by Crippen LogP contribution is 2.37. The molecule has 0 atom stereocenters. The van der Waals surface area contributed by atoms with Gasteiger partial charge in [0.15, 0.2) is 16.8 Å². The lowest BCUT2D eigenvalue weighted by atomic mass is 10.2. The summed E-state index contributed by atoms with van der Waals surface area (Å²) in [6, 6.07) is 7.13. The molecule has 124 valence electrons. The van der Waals surface area contributed by atoms with Crippen molar-refractivity contribution in [3.05, 3.63) is 46.2 Å². The van der Waals surface area contributed by atoms with Crippen molar-refractivity contribution in [3.8, 4) is 11.4 Å². The molecule has 10 heteroatoms. The van der Waals surface area contributed by atoms with Gasteiger partial charge in [0, 0.05) is 10.9 Å². The highest BCUT2D eigenvalue weighted by atomic mass is 35.6. The molecular formula is C14H9Cl4N5S. The number of hydrogen-bond acceptors (Lipinski definition) is 6. The molecule has 1 aromatic carbocycles. The quantitative estimate of drug-likeness (QED) is 0.564. The Labute approximate surface area is 162 Å². The monoisotopic (exact) mass is 419 g/mol. The molecule has 0 saturated carbocycles. The van der Waals surface area contributed by atoms with E-state index in [9.17, 15) is 0 Å². The Morgan fingerprint density at radius 2 is 1.79 bits per heavy atom. The zero-order chi connectivity index (χ0) is 17.3. The van der Waals surface area contributed by atoms with Crippen LogP contribution in [0.15, 0.2) is 29.6 Å². The third kappa shape index (κ3) is 4.07. The summed E-state index contributed by atoms with van der Waals surface area (Å²) < 4.78 is -1.80. The maximum Gasteiger partial charge on any atom is 0.250 e. The van der Waals surface area contributed by atoms with Crippen LogP contribution < -0.4 is 5.32 Å². The van der Waals surface area contributed by atoms with Crippen molar-refractivity contribution in [3.63, 3.8) is 0 Å². The van der Waals surface area contributed by atoms with Gasteiger partial charge in [-0.15, -0.1) is 11.3 Å². The van der Waals surface area contributed by atoms with Gasteiger partial charge in [-0.2, -0.15) is 9.97 Å². The maximum atomic E-state index is 6.21. The Bertz CT molecular complexity index is 878. The molecule has 0 amide bonds. The number of alkyl halides is 3. The first-order valence-corrected chi connectivity index (χ1v) is 8.99. The zero-order valence-electron chi connectivity index (χ0n) is 12.1. The van der Waals surface area contributed by atoms with Crippen LogP contribution in [-0.2, 0) is 3.79 Å². The Balaban J connectivity index is 2.09. The van der Waals surface area contributed by atoms with Crippen molar-refractivity contribution in [2.45, 2.75) is 10.7 Å². The van der Waals surface area contributed by atoms with Crippen LogP contribution in [-0.4, -0.2) is 19.9 Å². The third-order valence-electron chi connectivity index (χ3n) is 2.84. The average Bonchev–Trinajstić information content (AvgIpc) is 2.91. The summed E-state index contributed by atoms with van der Waals surface area (Å²) in [5.41, 5.74) is 1.49. The second-order valence-electron chi connectivity index (χ2n) is 4.70. The first-order chi connectivity index (χ1) is 11.3. The highest BCUT2D eigenvalue weighted by molar-refractivity contribution is 7.13. The van der Waals surface area contributed by atoms with Crippen molar-refractivity contribution in [2.75, 3.05) is 5.32 Å². The van der Waals surface area contributed by atoms with Gasteiger partial charge < -0.3 is 0 Å². The Hall–Kier alpha value is -1.18. The van der Waals surface area contributed by atoms with Gasteiger partial charge in [-0.1, -0.05) is 58.5 Å². The molecule has 0 radical (unpaired) electrons. The molecule has 1 N–H and O–H groups in total. The molecule has 3 rings (SSSR count). The number of benzene rings is 1. The van der Waals surface area contributed by atoms with Crippen LogP contribution in [0.1, 0.15) is 11.5 Å². The van der Waals surface area contributed by atoms with E-state index in [2.05, 4.69) is 25.3 Å². The van der Waals surface area contributed by atoms with Crippen molar-refractivity contribution in [2.24, 2.45) is 0 Å². The van der Waals surface area contributed by atoms with Gasteiger partial charge in [-0.3, -0.25) is 5.32 Å². The second-order valence-corrected chi connectivity index (χ2v) is 8.25. The molecule has 0 bridgehead atoms. The number of aryl methyl sites for hydroxylation is 1. The molecule has 2 aromatic heterocycles. The van der Waals surface area contributed by atoms with Crippen molar-refractivity contribution in [1.82, 2.24) is 19.9 Å². The summed E-state index contributed by atoms with van der Waals surface area (Å²) in [6.45, 7) is 1.89. The minimum Gasteiger partial charge on any atom is -0.300 e. The number of halogens is 4. The summed E-state index contributed by atoms with van der Waals surface area (Å²) in [6.07, 6.45) is 0. The molecule has 3 aromatic rings. The molecule has 0 aliphatic carbocycles. The number of nitrogens with one attached hydrogen (secondary N) is 1. The largest absolute Gasteiger partial charge is 0.300 e. The van der Waals surface area contributed by atoms with Gasteiger partial charge in [0.25, 0.3) is 0 Å². The van der Waals surface area contributed by atoms with Crippen LogP contribution in [0.25, 0.3) is 11.4 Å². The molecule has 0 unspecified atom stereocenters. The molecule has 24 heavy (non-hydrogen) atoms. The topological polar surface area (TPSA) is 63.6 Å². The molecular weight excluding hydrogens is 412 g/mol. The van der Waals surface area contributed by atoms with E-state index in [1.54, 1.807) is 18.2 Å². The summed E-state index contributed by atoms with van der Waals surface area (Å²) in [4.78, 5) is 17.0. The Morgan fingerprint density at radius 1 is 1.04 bits per heavy atom. The SMILES string of the molecule is Cc1csc(Nc2nc(-c3ccccc3Cl)nc(C(Cl)(Cl)Cl)n2)n1. The maximum absolute atomic E-state index is 6.21. The van der Waals surface area contributed by atoms with Crippen LogP contribution in [0.5, 0.6) is 0 Å². The van der Waals surface area contributed by atoms with E-state index in [0.29, 0.717) is 21.5 Å². The number of rotatable bonds is 3. The van der Waals surface area contributed by atoms with Gasteiger partial charge in [0.05, 0.1) is 10.7 Å². The summed E-state index contributed by atoms with van der Waals surface area (Å²) in [5.74, 6) is 0.511. The van der Waals surface area contributed by atoms with Crippen molar-refractivity contribution >= 4 is 68.8 Å².